The zero-order valence-corrected chi connectivity index (χ0v) is 8.07. The molecule has 0 aliphatic rings. The first-order valence-electron chi connectivity index (χ1n) is 4.01. The molecule has 0 unspecified atom stereocenters. The second-order valence-corrected chi connectivity index (χ2v) is 3.78. The van der Waals surface area contributed by atoms with Crippen molar-refractivity contribution in [3.63, 3.8) is 0 Å². The molecule has 0 aliphatic heterocycles. The van der Waals surface area contributed by atoms with Gasteiger partial charge < -0.3 is 0 Å². The van der Waals surface area contributed by atoms with Gasteiger partial charge in [-0.2, -0.15) is 0 Å². The third-order valence-electron chi connectivity index (χ3n) is 1.28. The highest BCUT2D eigenvalue weighted by Crippen LogP contribution is 2.20. The van der Waals surface area contributed by atoms with Crippen LogP contribution in [0.2, 0.25) is 0 Å². The van der Waals surface area contributed by atoms with Crippen molar-refractivity contribution in [2.75, 3.05) is 0 Å². The molecular weight excluding hydrogens is 138 g/mol. The van der Waals surface area contributed by atoms with Crippen LogP contribution in [0, 0.1) is 16.5 Å². The molecule has 0 amide bonds. The van der Waals surface area contributed by atoms with Gasteiger partial charge in [0, 0.05) is 0 Å². The lowest BCUT2D eigenvalue weighted by Gasteiger charge is -2.16. The maximum absolute atomic E-state index is 5.50. The van der Waals surface area contributed by atoms with Gasteiger partial charge in [0.2, 0.25) is 4.91 Å². The molecule has 0 aromatic heterocycles. The number of rotatable bonds is 2. The molecule has 3 heteroatoms. The van der Waals surface area contributed by atoms with Gasteiger partial charge in [0.25, 0.3) is 0 Å². The lowest BCUT2D eigenvalue weighted by atomic mass is 9.90. The van der Waals surface area contributed by atoms with Gasteiger partial charge in [0.1, 0.15) is 11.1 Å². The largest absolute Gasteiger partial charge is 0.211 e. The Bertz CT molecular complexity index is 107. The van der Waals surface area contributed by atoms with Crippen LogP contribution < -0.4 is 4.91 Å². The smallest absolute Gasteiger partial charge is 0.0654 e. The molecule has 0 atom stereocenters. The number of unbranched alkanes of at least 4 members (excludes halogenated alkanes) is 1. The lowest BCUT2D eigenvalue weighted by molar-refractivity contribution is 0.363. The average molecular weight is 158 g/mol. The maximum Gasteiger partial charge on any atom is 0.211 e. The molecule has 0 aromatic carbocycles. The van der Waals surface area contributed by atoms with Crippen molar-refractivity contribution in [3.8, 4) is 0 Å². The molecule has 0 heterocycles. The van der Waals surface area contributed by atoms with E-state index in [-0.39, 0.29) is 0 Å². The van der Waals surface area contributed by atoms with Crippen LogP contribution in [0.5, 0.6) is 0 Å². The fourth-order valence-corrected chi connectivity index (χ4v) is 0.707. The van der Waals surface area contributed by atoms with Gasteiger partial charge in [0.05, 0.1) is 0 Å². The number of nitrogens with zero attached hydrogens (tertiary/aromatic N) is 1. The van der Waals surface area contributed by atoms with Crippen LogP contribution in [0.1, 0.15) is 47.0 Å². The minimum absolute atomic E-state index is 0.552. The Morgan fingerprint density at radius 3 is 1.64 bits per heavy atom. The van der Waals surface area contributed by atoms with Gasteiger partial charge in [-0.1, -0.05) is 40.5 Å². The third kappa shape index (κ3) is 26.8. The minimum atomic E-state index is 0.552. The molecular formula is C8H20N3+. The van der Waals surface area contributed by atoms with Crippen LogP contribution in [0.15, 0.2) is 0 Å². The predicted molar refractivity (Wildman–Crippen MR) is 46.6 cm³/mol. The summed E-state index contributed by atoms with van der Waals surface area (Å²) in [6.45, 7) is 9.12. The Morgan fingerprint density at radius 1 is 1.18 bits per heavy atom. The molecule has 0 saturated heterocycles. The van der Waals surface area contributed by atoms with Crippen LogP contribution in [-0.4, -0.2) is 0 Å². The molecule has 0 radical (unpaired) electrons. The minimum Gasteiger partial charge on any atom is -0.0654 e. The first-order valence-corrected chi connectivity index (χ1v) is 4.01. The van der Waals surface area contributed by atoms with E-state index in [1.54, 1.807) is 0 Å². The lowest BCUT2D eigenvalue weighted by Crippen LogP contribution is -2.03. The van der Waals surface area contributed by atoms with Crippen LogP contribution in [0.4, 0.5) is 0 Å². The van der Waals surface area contributed by atoms with E-state index in [9.17, 15) is 0 Å². The standard InChI is InChI=1S/C8H18.H2N3/c1-5-6-7-8(2,3)4;1-3-2/h5-7H2,1-4H3;1-2H/q;+1. The Kier molecular flexibility index (Phi) is 8.73. The van der Waals surface area contributed by atoms with E-state index in [1.807, 2.05) is 4.91 Å². The van der Waals surface area contributed by atoms with E-state index < -0.39 is 0 Å². The monoisotopic (exact) mass is 158 g/mol. The highest BCUT2D eigenvalue weighted by atomic mass is 15.0. The molecule has 11 heavy (non-hydrogen) atoms. The topological polar surface area (TPSA) is 61.8 Å². The maximum atomic E-state index is 5.50. The number of hydrogen-bond donors (Lipinski definition) is 2. The Labute approximate surface area is 69.2 Å². The summed E-state index contributed by atoms with van der Waals surface area (Å²) in [6, 6.07) is 0. The second-order valence-electron chi connectivity index (χ2n) is 3.78. The first-order chi connectivity index (χ1) is 4.97. The molecule has 0 aliphatic carbocycles. The van der Waals surface area contributed by atoms with E-state index in [4.69, 9.17) is 11.1 Å². The van der Waals surface area contributed by atoms with Crippen molar-refractivity contribution in [3.05, 3.63) is 0 Å². The molecule has 0 fully saturated rings. The van der Waals surface area contributed by atoms with E-state index in [2.05, 4.69) is 27.7 Å². The first kappa shape index (κ1) is 12.9. The van der Waals surface area contributed by atoms with E-state index in [0.29, 0.717) is 5.41 Å². The Morgan fingerprint density at radius 2 is 1.55 bits per heavy atom. The van der Waals surface area contributed by atoms with Crippen molar-refractivity contribution < 1.29 is 0 Å². The summed E-state index contributed by atoms with van der Waals surface area (Å²) < 4.78 is 0. The van der Waals surface area contributed by atoms with Crippen molar-refractivity contribution in [2.24, 2.45) is 5.41 Å². The Balaban J connectivity index is 0. The van der Waals surface area contributed by atoms with E-state index >= 15 is 0 Å². The summed E-state index contributed by atoms with van der Waals surface area (Å²) in [6.07, 6.45) is 4.07. The van der Waals surface area contributed by atoms with Crippen LogP contribution >= 0.6 is 0 Å². The summed E-state index contributed by atoms with van der Waals surface area (Å²) in [7, 11) is 0. The van der Waals surface area contributed by atoms with Crippen LogP contribution in [-0.2, 0) is 0 Å². The van der Waals surface area contributed by atoms with Gasteiger partial charge >= 0.3 is 0 Å². The summed E-state index contributed by atoms with van der Waals surface area (Å²) in [4.78, 5) is 2.00. The van der Waals surface area contributed by atoms with Crippen molar-refractivity contribution in [1.29, 1.82) is 11.1 Å². The molecule has 0 bridgehead atoms. The number of hydrogen-bond acceptors (Lipinski definition) is 2. The second kappa shape index (κ2) is 7.42. The van der Waals surface area contributed by atoms with E-state index in [1.165, 1.54) is 19.3 Å². The van der Waals surface area contributed by atoms with Crippen LogP contribution in [0.3, 0.4) is 0 Å². The average Bonchev–Trinajstić information content (AvgIpc) is 1.84. The van der Waals surface area contributed by atoms with Gasteiger partial charge in [-0.15, -0.1) is 0 Å². The third-order valence-corrected chi connectivity index (χ3v) is 1.28. The number of nitrogens with one attached hydrogen (secondary N) is 2. The van der Waals surface area contributed by atoms with Gasteiger partial charge in [-0.3, -0.25) is 0 Å². The molecule has 0 saturated carbocycles. The zero-order chi connectivity index (χ0) is 9.33. The molecule has 3 nitrogen and oxygen atoms in total. The Hall–Kier alpha value is -0.690. The SMILES string of the molecule is CCCCC(C)(C)C.N=[N+]=N. The van der Waals surface area contributed by atoms with E-state index in [0.717, 1.165) is 0 Å². The van der Waals surface area contributed by atoms with Crippen LogP contribution in [0.25, 0.3) is 0 Å². The van der Waals surface area contributed by atoms with Gasteiger partial charge in [-0.25, -0.2) is 0 Å². The molecule has 0 aromatic rings. The summed E-state index contributed by atoms with van der Waals surface area (Å²) in [5.41, 5.74) is 11.6. The van der Waals surface area contributed by atoms with Gasteiger partial charge in [-0.05, 0) is 11.8 Å². The predicted octanol–water partition coefficient (Wildman–Crippen LogP) is 3.34. The van der Waals surface area contributed by atoms with Crippen molar-refractivity contribution in [1.82, 2.24) is 4.91 Å². The van der Waals surface area contributed by atoms with Crippen molar-refractivity contribution in [2.45, 2.75) is 47.0 Å². The fraction of sp³-hybridized carbons (Fsp3) is 1.00. The highest BCUT2D eigenvalue weighted by Gasteiger charge is 2.07. The molecule has 2 N–H and O–H groups in total. The quantitative estimate of drug-likeness (QED) is 0.457. The fourth-order valence-electron chi connectivity index (χ4n) is 0.707. The highest BCUT2D eigenvalue weighted by molar-refractivity contribution is 4.59. The summed E-state index contributed by atoms with van der Waals surface area (Å²) in [5, 5.41) is 0. The van der Waals surface area contributed by atoms with Gasteiger partial charge in [0.15, 0.2) is 0 Å². The zero-order valence-electron chi connectivity index (χ0n) is 8.07. The molecule has 66 valence electrons. The molecule has 0 rings (SSSR count). The normalized spacial score (nSPS) is 9.45. The summed E-state index contributed by atoms with van der Waals surface area (Å²) >= 11 is 0. The summed E-state index contributed by atoms with van der Waals surface area (Å²) in [5.74, 6) is 0. The molecule has 0 spiro atoms. The van der Waals surface area contributed by atoms with Crippen molar-refractivity contribution >= 4 is 0 Å².